The van der Waals surface area contributed by atoms with Gasteiger partial charge in [0.15, 0.2) is 0 Å². The van der Waals surface area contributed by atoms with Gasteiger partial charge in [0.2, 0.25) is 10.0 Å². The molecule has 1 aliphatic heterocycles. The number of halogens is 1. The molecule has 1 rings (SSSR count). The number of sulfonamides is 1. The predicted molar refractivity (Wildman–Crippen MR) is 63.7 cm³/mol. The zero-order valence-corrected chi connectivity index (χ0v) is 10.9. The van der Waals surface area contributed by atoms with E-state index in [0.717, 1.165) is 25.8 Å². The Morgan fingerprint density at radius 3 is 2.80 bits per heavy atom. The van der Waals surface area contributed by atoms with Gasteiger partial charge in [-0.2, -0.15) is 0 Å². The maximum atomic E-state index is 11.8. The number of nitrogens with zero attached hydrogens (tertiary/aromatic N) is 1. The van der Waals surface area contributed by atoms with Crippen LogP contribution in [0.25, 0.3) is 0 Å². The molecular formula is C10H20ClNO2S. The van der Waals surface area contributed by atoms with Gasteiger partial charge < -0.3 is 0 Å². The number of hydrogen-bond donors (Lipinski definition) is 0. The summed E-state index contributed by atoms with van der Waals surface area (Å²) in [6.45, 7) is 3.57. The standard InChI is InChI=1S/C10H20ClNO2S/c1-2-4-10-5-7-12(9-10)15(13,14)8-3-6-11/h10H,2-9H2,1H3. The van der Waals surface area contributed by atoms with Crippen LogP contribution in [0, 0.1) is 5.92 Å². The summed E-state index contributed by atoms with van der Waals surface area (Å²) in [5.74, 6) is 1.20. The second-order valence-electron chi connectivity index (χ2n) is 4.16. The largest absolute Gasteiger partial charge is 0.214 e. The van der Waals surface area contributed by atoms with Gasteiger partial charge in [-0.15, -0.1) is 11.6 Å². The summed E-state index contributed by atoms with van der Waals surface area (Å²) in [6.07, 6.45) is 3.86. The van der Waals surface area contributed by atoms with Crippen molar-refractivity contribution in [2.45, 2.75) is 32.6 Å². The second-order valence-corrected chi connectivity index (χ2v) is 6.63. The van der Waals surface area contributed by atoms with Crippen LogP contribution >= 0.6 is 11.6 Å². The molecule has 0 aliphatic carbocycles. The smallest absolute Gasteiger partial charge is 0.212 e. The molecule has 0 aromatic heterocycles. The first-order valence-corrected chi connectivity index (χ1v) is 7.78. The third kappa shape index (κ3) is 3.93. The topological polar surface area (TPSA) is 37.4 Å². The maximum absolute atomic E-state index is 11.8. The van der Waals surface area contributed by atoms with Crippen LogP contribution < -0.4 is 0 Å². The number of alkyl halides is 1. The van der Waals surface area contributed by atoms with Crippen molar-refractivity contribution in [3.05, 3.63) is 0 Å². The molecule has 0 spiro atoms. The van der Waals surface area contributed by atoms with E-state index in [-0.39, 0.29) is 5.75 Å². The minimum Gasteiger partial charge on any atom is -0.212 e. The fourth-order valence-corrected chi connectivity index (χ4v) is 3.94. The van der Waals surface area contributed by atoms with Gasteiger partial charge >= 0.3 is 0 Å². The molecule has 90 valence electrons. The van der Waals surface area contributed by atoms with E-state index in [9.17, 15) is 8.42 Å². The van der Waals surface area contributed by atoms with Crippen LogP contribution in [-0.2, 0) is 10.0 Å². The highest BCUT2D eigenvalue weighted by Gasteiger charge is 2.30. The van der Waals surface area contributed by atoms with Crippen molar-refractivity contribution in [3.63, 3.8) is 0 Å². The lowest BCUT2D eigenvalue weighted by atomic mass is 10.0. The van der Waals surface area contributed by atoms with E-state index in [1.807, 2.05) is 0 Å². The average molecular weight is 254 g/mol. The first-order valence-electron chi connectivity index (χ1n) is 5.64. The minimum absolute atomic E-state index is 0.204. The van der Waals surface area contributed by atoms with E-state index in [1.165, 1.54) is 0 Å². The molecule has 1 saturated heterocycles. The van der Waals surface area contributed by atoms with Gasteiger partial charge in [0.25, 0.3) is 0 Å². The fourth-order valence-electron chi connectivity index (χ4n) is 2.06. The quantitative estimate of drug-likeness (QED) is 0.680. The molecule has 1 atom stereocenters. The van der Waals surface area contributed by atoms with Crippen LogP contribution in [0.4, 0.5) is 0 Å². The van der Waals surface area contributed by atoms with Crippen LogP contribution in [0.3, 0.4) is 0 Å². The van der Waals surface area contributed by atoms with Crippen molar-refractivity contribution in [3.8, 4) is 0 Å². The van der Waals surface area contributed by atoms with E-state index in [4.69, 9.17) is 11.6 Å². The lowest BCUT2D eigenvalue weighted by Gasteiger charge is -2.15. The van der Waals surface area contributed by atoms with E-state index in [1.54, 1.807) is 4.31 Å². The molecule has 0 radical (unpaired) electrons. The molecule has 0 N–H and O–H groups in total. The summed E-state index contributed by atoms with van der Waals surface area (Å²) in [7, 11) is -3.02. The number of hydrogen-bond acceptors (Lipinski definition) is 2. The molecule has 0 bridgehead atoms. The molecule has 15 heavy (non-hydrogen) atoms. The Bertz CT molecular complexity index is 279. The number of rotatable bonds is 6. The van der Waals surface area contributed by atoms with Gasteiger partial charge in [-0.25, -0.2) is 12.7 Å². The Morgan fingerprint density at radius 1 is 1.47 bits per heavy atom. The Balaban J connectivity index is 2.45. The van der Waals surface area contributed by atoms with Gasteiger partial charge in [-0.05, 0) is 25.2 Å². The summed E-state index contributed by atoms with van der Waals surface area (Å²) in [4.78, 5) is 0. The van der Waals surface area contributed by atoms with Gasteiger partial charge in [0, 0.05) is 19.0 Å². The Hall–Kier alpha value is 0.200. The van der Waals surface area contributed by atoms with Gasteiger partial charge in [0.1, 0.15) is 0 Å². The highest BCUT2D eigenvalue weighted by atomic mass is 35.5. The highest BCUT2D eigenvalue weighted by molar-refractivity contribution is 7.89. The normalized spacial score (nSPS) is 23.5. The van der Waals surface area contributed by atoms with E-state index < -0.39 is 10.0 Å². The lowest BCUT2D eigenvalue weighted by Crippen LogP contribution is -2.31. The second kappa shape index (κ2) is 6.06. The highest BCUT2D eigenvalue weighted by Crippen LogP contribution is 2.23. The summed E-state index contributed by atoms with van der Waals surface area (Å²) < 4.78 is 25.3. The molecule has 5 heteroatoms. The van der Waals surface area contributed by atoms with Gasteiger partial charge in [0.05, 0.1) is 5.75 Å². The lowest BCUT2D eigenvalue weighted by molar-refractivity contribution is 0.444. The average Bonchev–Trinajstić information content (AvgIpc) is 2.65. The monoisotopic (exact) mass is 253 g/mol. The summed E-state index contributed by atoms with van der Waals surface area (Å²) in [5.41, 5.74) is 0. The Labute approximate surface area is 97.8 Å². The van der Waals surface area contributed by atoms with Gasteiger partial charge in [-0.3, -0.25) is 0 Å². The first-order chi connectivity index (χ1) is 7.10. The SMILES string of the molecule is CCCC1CCN(S(=O)(=O)CCCCl)C1. The zero-order chi connectivity index (χ0) is 11.3. The van der Waals surface area contributed by atoms with Crippen LogP contribution in [0.2, 0.25) is 0 Å². The molecular weight excluding hydrogens is 234 g/mol. The van der Waals surface area contributed by atoms with Crippen molar-refractivity contribution in [2.24, 2.45) is 5.92 Å². The Morgan fingerprint density at radius 2 is 2.20 bits per heavy atom. The van der Waals surface area contributed by atoms with Crippen molar-refractivity contribution in [1.82, 2.24) is 4.31 Å². The van der Waals surface area contributed by atoms with Crippen molar-refractivity contribution in [1.29, 1.82) is 0 Å². The van der Waals surface area contributed by atoms with Gasteiger partial charge in [-0.1, -0.05) is 13.3 Å². The Kier molecular flexibility index (Phi) is 5.36. The van der Waals surface area contributed by atoms with Crippen LogP contribution in [0.1, 0.15) is 32.6 Å². The van der Waals surface area contributed by atoms with E-state index in [0.29, 0.717) is 24.8 Å². The molecule has 1 heterocycles. The maximum Gasteiger partial charge on any atom is 0.214 e. The zero-order valence-electron chi connectivity index (χ0n) is 9.28. The molecule has 0 aromatic carbocycles. The van der Waals surface area contributed by atoms with Crippen LogP contribution in [0.15, 0.2) is 0 Å². The molecule has 0 saturated carbocycles. The first kappa shape index (κ1) is 13.3. The van der Waals surface area contributed by atoms with E-state index in [2.05, 4.69) is 6.92 Å². The molecule has 1 unspecified atom stereocenters. The third-order valence-electron chi connectivity index (χ3n) is 2.87. The summed E-state index contributed by atoms with van der Waals surface area (Å²) >= 11 is 5.51. The van der Waals surface area contributed by atoms with Crippen molar-refractivity contribution >= 4 is 21.6 Å². The van der Waals surface area contributed by atoms with Crippen molar-refractivity contribution in [2.75, 3.05) is 24.7 Å². The van der Waals surface area contributed by atoms with Crippen molar-refractivity contribution < 1.29 is 8.42 Å². The molecule has 1 aliphatic rings. The van der Waals surface area contributed by atoms with E-state index >= 15 is 0 Å². The third-order valence-corrected chi connectivity index (χ3v) is 5.07. The van der Waals surface area contributed by atoms with Crippen LogP contribution in [0.5, 0.6) is 0 Å². The fraction of sp³-hybridized carbons (Fsp3) is 1.00. The molecule has 1 fully saturated rings. The predicted octanol–water partition coefficient (Wildman–Crippen LogP) is 2.07. The minimum atomic E-state index is -3.02. The van der Waals surface area contributed by atoms with Crippen LogP contribution in [-0.4, -0.2) is 37.4 Å². The summed E-state index contributed by atoms with van der Waals surface area (Å²) in [5, 5.41) is 0. The summed E-state index contributed by atoms with van der Waals surface area (Å²) in [6, 6.07) is 0. The molecule has 0 amide bonds. The molecule has 0 aromatic rings. The molecule has 3 nitrogen and oxygen atoms in total.